The molecule has 1 aliphatic heterocycles. The molecule has 0 spiro atoms. The molecule has 2 aromatic carbocycles. The van der Waals surface area contributed by atoms with Gasteiger partial charge in [0, 0.05) is 37.2 Å². The molecule has 0 radical (unpaired) electrons. The van der Waals surface area contributed by atoms with E-state index in [-0.39, 0.29) is 43.6 Å². The SMILES string of the molecule is CCOC(=O)/C=C/[C@H](C[C@H]1CCNC1=O)NC(=O)[C@H](Cc1ccccc1)n1cccc(NC(=O)OCc2ccccc2)c1=O. The van der Waals surface area contributed by atoms with Crippen molar-refractivity contribution in [1.29, 1.82) is 0 Å². The fourth-order valence-corrected chi connectivity index (χ4v) is 4.90. The molecule has 1 aliphatic rings. The Hall–Kier alpha value is -5.19. The fraction of sp³-hybridized carbons (Fsp3) is 0.303. The molecule has 1 fully saturated rings. The molecule has 44 heavy (non-hydrogen) atoms. The molecule has 3 atom stereocenters. The summed E-state index contributed by atoms with van der Waals surface area (Å²) in [5, 5.41) is 8.19. The Balaban J connectivity index is 1.57. The maximum absolute atomic E-state index is 13.9. The molecule has 3 amide bonds. The van der Waals surface area contributed by atoms with Gasteiger partial charge in [0.05, 0.1) is 6.61 Å². The van der Waals surface area contributed by atoms with Crippen LogP contribution in [0.5, 0.6) is 0 Å². The van der Waals surface area contributed by atoms with Gasteiger partial charge in [0.25, 0.3) is 5.56 Å². The second-order valence-corrected chi connectivity index (χ2v) is 10.3. The second kappa shape index (κ2) is 15.9. The van der Waals surface area contributed by atoms with Crippen molar-refractivity contribution in [2.24, 2.45) is 5.92 Å². The van der Waals surface area contributed by atoms with Crippen molar-refractivity contribution in [1.82, 2.24) is 15.2 Å². The van der Waals surface area contributed by atoms with Gasteiger partial charge in [0.1, 0.15) is 18.3 Å². The lowest BCUT2D eigenvalue weighted by atomic mass is 9.97. The van der Waals surface area contributed by atoms with Crippen molar-refractivity contribution in [2.45, 2.75) is 44.9 Å². The lowest BCUT2D eigenvalue weighted by Gasteiger charge is -2.24. The third-order valence-corrected chi connectivity index (χ3v) is 7.11. The van der Waals surface area contributed by atoms with Gasteiger partial charge >= 0.3 is 12.1 Å². The van der Waals surface area contributed by atoms with E-state index in [9.17, 15) is 24.0 Å². The van der Waals surface area contributed by atoms with E-state index in [1.54, 1.807) is 13.0 Å². The summed E-state index contributed by atoms with van der Waals surface area (Å²) in [5.74, 6) is -1.55. The summed E-state index contributed by atoms with van der Waals surface area (Å²) in [4.78, 5) is 64.3. The maximum Gasteiger partial charge on any atom is 0.412 e. The minimum Gasteiger partial charge on any atom is -0.463 e. The van der Waals surface area contributed by atoms with Gasteiger partial charge in [0.15, 0.2) is 0 Å². The van der Waals surface area contributed by atoms with Crippen molar-refractivity contribution >= 4 is 29.6 Å². The van der Waals surface area contributed by atoms with Crippen molar-refractivity contribution < 1.29 is 28.7 Å². The smallest absolute Gasteiger partial charge is 0.412 e. The number of hydrogen-bond acceptors (Lipinski definition) is 7. The number of esters is 1. The molecule has 2 heterocycles. The first-order chi connectivity index (χ1) is 21.3. The van der Waals surface area contributed by atoms with E-state index in [1.165, 1.54) is 29.0 Å². The molecule has 1 saturated heterocycles. The zero-order valence-corrected chi connectivity index (χ0v) is 24.4. The van der Waals surface area contributed by atoms with Gasteiger partial charge in [0.2, 0.25) is 11.8 Å². The van der Waals surface area contributed by atoms with Gasteiger partial charge in [-0.05, 0) is 43.0 Å². The van der Waals surface area contributed by atoms with Crippen LogP contribution in [0.2, 0.25) is 0 Å². The van der Waals surface area contributed by atoms with Crippen LogP contribution >= 0.6 is 0 Å². The first kappa shape index (κ1) is 31.7. The number of nitrogens with one attached hydrogen (secondary N) is 3. The number of carbonyl (C=O) groups excluding carboxylic acids is 4. The Bertz CT molecular complexity index is 1520. The van der Waals surface area contributed by atoms with Crippen LogP contribution in [0.1, 0.15) is 36.9 Å². The van der Waals surface area contributed by atoms with Crippen LogP contribution in [0.4, 0.5) is 10.5 Å². The largest absolute Gasteiger partial charge is 0.463 e. The predicted molar refractivity (Wildman–Crippen MR) is 164 cm³/mol. The van der Waals surface area contributed by atoms with E-state index >= 15 is 0 Å². The molecule has 230 valence electrons. The minimum absolute atomic E-state index is 0.0203. The molecule has 3 aromatic rings. The normalized spacial score (nSPS) is 15.7. The minimum atomic E-state index is -1.03. The molecule has 0 unspecified atom stereocenters. The average molecular weight is 601 g/mol. The standard InChI is InChI=1S/C33H36N4O7/c1-2-43-29(38)16-15-26(21-25-17-18-34-30(25)39)35-31(40)28(20-23-10-5-3-6-11-23)37-19-9-14-27(32(37)41)36-33(42)44-22-24-12-7-4-8-13-24/h3-16,19,25-26,28H,2,17-18,20-22H2,1H3,(H,34,39)(H,35,40)(H,36,42)/b16-15+/t25-,26-,28+/m1/s1. The quantitative estimate of drug-likeness (QED) is 0.201. The van der Waals surface area contributed by atoms with Gasteiger partial charge in [-0.25, -0.2) is 9.59 Å². The van der Waals surface area contributed by atoms with Crippen LogP contribution in [-0.4, -0.2) is 47.6 Å². The van der Waals surface area contributed by atoms with Crippen LogP contribution in [0.25, 0.3) is 0 Å². The molecule has 0 aliphatic carbocycles. The summed E-state index contributed by atoms with van der Waals surface area (Å²) in [6.07, 6.45) is 4.41. The highest BCUT2D eigenvalue weighted by Gasteiger charge is 2.30. The third kappa shape index (κ3) is 9.15. The van der Waals surface area contributed by atoms with Crippen molar-refractivity contribution in [3.8, 4) is 0 Å². The summed E-state index contributed by atoms with van der Waals surface area (Å²) in [6, 6.07) is 19.6. The lowest BCUT2D eigenvalue weighted by molar-refractivity contribution is -0.137. The number of hydrogen-bond donors (Lipinski definition) is 3. The van der Waals surface area contributed by atoms with Crippen LogP contribution < -0.4 is 21.5 Å². The highest BCUT2D eigenvalue weighted by atomic mass is 16.5. The first-order valence-corrected chi connectivity index (χ1v) is 14.5. The highest BCUT2D eigenvalue weighted by molar-refractivity contribution is 5.85. The Kier molecular flexibility index (Phi) is 11.5. The Morgan fingerprint density at radius 2 is 1.68 bits per heavy atom. The number of carbonyl (C=O) groups is 4. The van der Waals surface area contributed by atoms with E-state index in [4.69, 9.17) is 9.47 Å². The molecule has 1 aromatic heterocycles. The van der Waals surface area contributed by atoms with Crippen LogP contribution in [0.3, 0.4) is 0 Å². The monoisotopic (exact) mass is 600 g/mol. The topological polar surface area (TPSA) is 145 Å². The Morgan fingerprint density at radius 1 is 0.977 bits per heavy atom. The van der Waals surface area contributed by atoms with E-state index in [1.807, 2.05) is 60.7 Å². The molecular weight excluding hydrogens is 564 g/mol. The molecule has 3 N–H and O–H groups in total. The van der Waals surface area contributed by atoms with Gasteiger partial charge < -0.3 is 24.7 Å². The Labute approximate surface area is 255 Å². The van der Waals surface area contributed by atoms with Crippen molar-refractivity contribution in [3.05, 3.63) is 113 Å². The summed E-state index contributed by atoms with van der Waals surface area (Å²) in [6.45, 7) is 2.43. The summed E-state index contributed by atoms with van der Waals surface area (Å²) < 4.78 is 11.5. The van der Waals surface area contributed by atoms with Gasteiger partial charge in [-0.15, -0.1) is 0 Å². The number of rotatable bonds is 13. The summed E-state index contributed by atoms with van der Waals surface area (Å²) in [5.41, 5.74) is 0.926. The van der Waals surface area contributed by atoms with Crippen molar-refractivity contribution in [3.63, 3.8) is 0 Å². The molecule has 11 heteroatoms. The Morgan fingerprint density at radius 3 is 2.34 bits per heavy atom. The van der Waals surface area contributed by atoms with Gasteiger partial charge in [-0.3, -0.25) is 19.7 Å². The second-order valence-electron chi connectivity index (χ2n) is 10.3. The summed E-state index contributed by atoms with van der Waals surface area (Å²) >= 11 is 0. The van der Waals surface area contributed by atoms with E-state index in [2.05, 4.69) is 16.0 Å². The van der Waals surface area contributed by atoms with Crippen LogP contribution in [0.15, 0.2) is 95.9 Å². The first-order valence-electron chi connectivity index (χ1n) is 14.5. The lowest BCUT2D eigenvalue weighted by Crippen LogP contribution is -2.43. The number of ether oxygens (including phenoxy) is 2. The maximum atomic E-state index is 13.9. The third-order valence-electron chi connectivity index (χ3n) is 7.11. The molecule has 0 saturated carbocycles. The van der Waals surface area contributed by atoms with Gasteiger partial charge in [-0.1, -0.05) is 66.7 Å². The van der Waals surface area contributed by atoms with Crippen LogP contribution in [-0.2, 0) is 36.9 Å². The number of amides is 3. The summed E-state index contributed by atoms with van der Waals surface area (Å²) in [7, 11) is 0. The average Bonchev–Trinajstić information content (AvgIpc) is 3.43. The number of anilines is 1. The van der Waals surface area contributed by atoms with E-state index in [0.717, 1.165) is 11.1 Å². The van der Waals surface area contributed by atoms with Crippen LogP contribution in [0, 0.1) is 5.92 Å². The fourth-order valence-electron chi connectivity index (χ4n) is 4.90. The van der Waals surface area contributed by atoms with E-state index in [0.29, 0.717) is 13.0 Å². The highest BCUT2D eigenvalue weighted by Crippen LogP contribution is 2.20. The van der Waals surface area contributed by atoms with E-state index < -0.39 is 35.6 Å². The van der Waals surface area contributed by atoms with Crippen molar-refractivity contribution in [2.75, 3.05) is 18.5 Å². The number of benzene rings is 2. The number of aromatic nitrogens is 1. The molecule has 0 bridgehead atoms. The molecule has 4 rings (SSSR count). The predicted octanol–water partition coefficient (Wildman–Crippen LogP) is 3.51. The zero-order valence-electron chi connectivity index (χ0n) is 24.4. The molecule has 11 nitrogen and oxygen atoms in total. The van der Waals surface area contributed by atoms with Gasteiger partial charge in [-0.2, -0.15) is 0 Å². The zero-order chi connectivity index (χ0) is 31.3. The molecular formula is C33H36N4O7. The number of pyridine rings is 1. The number of nitrogens with zero attached hydrogens (tertiary/aromatic N) is 1.